The Hall–Kier alpha value is -4.06. The van der Waals surface area contributed by atoms with Gasteiger partial charge in [0.1, 0.15) is 17.7 Å². The van der Waals surface area contributed by atoms with E-state index in [0.29, 0.717) is 71.3 Å². The molecule has 1 aliphatic rings. The van der Waals surface area contributed by atoms with Crippen molar-refractivity contribution in [2.75, 3.05) is 72.5 Å². The highest BCUT2D eigenvalue weighted by Crippen LogP contribution is 2.12. The zero-order chi connectivity index (χ0) is 40.1. The van der Waals surface area contributed by atoms with Gasteiger partial charge in [-0.3, -0.25) is 19.2 Å². The number of carboxylic acids is 1. The molecule has 2 atom stereocenters. The number of nitrogens with zero attached hydrogens (tertiary/aromatic N) is 1. The maximum Gasteiger partial charge on any atom is 0.407 e. The number of carbonyl (C=O) groups excluding carboxylic acids is 5. The van der Waals surface area contributed by atoms with Crippen molar-refractivity contribution < 1.29 is 57.6 Å². The number of alkyl carbamates (subject to hydrolysis) is 1. The number of aliphatic carboxylic acids is 1. The molecule has 1 rings (SSSR count). The molecule has 5 N–H and O–H groups in total. The summed E-state index contributed by atoms with van der Waals surface area (Å²) in [5.41, 5.74) is -0.0407. The van der Waals surface area contributed by atoms with Crippen molar-refractivity contribution in [2.24, 2.45) is 0 Å². The van der Waals surface area contributed by atoms with Gasteiger partial charge in [0.05, 0.1) is 52.9 Å². The largest absolute Gasteiger partial charge is 0.480 e. The highest BCUT2D eigenvalue weighted by molar-refractivity contribution is 5.93. The lowest BCUT2D eigenvalue weighted by atomic mass is 10.1. The molecule has 0 bridgehead atoms. The minimum atomic E-state index is -1.20. The SMILES string of the molecule is C=C1C=CC(=O)N1CCC(=O)NCCOCCOCCOCCOCCC(=O)NC(C)C(=O)N[C@@H](CCCCNC(=O)OC(C)(C)C)C(=O)O.CCC. The Morgan fingerprint density at radius 3 is 1.89 bits per heavy atom. The van der Waals surface area contributed by atoms with Crippen LogP contribution in [-0.4, -0.2) is 136 Å². The number of unbranched alkanes of at least 4 members (excludes halogenated alkanes) is 1. The van der Waals surface area contributed by atoms with Crippen LogP contribution in [0.25, 0.3) is 0 Å². The van der Waals surface area contributed by atoms with E-state index in [2.05, 4.69) is 41.7 Å². The lowest BCUT2D eigenvalue weighted by molar-refractivity contribution is -0.142. The minimum absolute atomic E-state index is 0.00486. The van der Waals surface area contributed by atoms with Crippen molar-refractivity contribution in [2.45, 2.75) is 97.8 Å². The number of carboxylic acid groups (broad SMARTS) is 1. The van der Waals surface area contributed by atoms with Crippen LogP contribution in [0.3, 0.4) is 0 Å². The first-order chi connectivity index (χ1) is 25.1. The maximum absolute atomic E-state index is 12.4. The molecule has 0 saturated heterocycles. The van der Waals surface area contributed by atoms with Gasteiger partial charge in [0, 0.05) is 44.2 Å². The molecule has 0 saturated carbocycles. The van der Waals surface area contributed by atoms with Crippen LogP contribution in [0.1, 0.15) is 80.1 Å². The summed E-state index contributed by atoms with van der Waals surface area (Å²) < 4.78 is 26.7. The molecule has 17 heteroatoms. The Morgan fingerprint density at radius 2 is 1.36 bits per heavy atom. The summed E-state index contributed by atoms with van der Waals surface area (Å²) >= 11 is 0. The summed E-state index contributed by atoms with van der Waals surface area (Å²) in [5, 5.41) is 19.7. The standard InChI is InChI=1S/C33H55N5O12.C3H8/c1-24-9-10-29(41)38(24)15-11-27(39)34-14-17-47-19-21-49-23-22-48-20-18-46-16-12-28(40)36-25(2)30(42)37-26(31(43)44)8-6-7-13-35-32(45)50-33(3,4)5;1-3-2/h9-10,25-26H,1,6-8,11-23H2,2-5H3,(H,34,39)(H,35,45)(H,36,40)(H,37,42)(H,43,44);3H2,1-2H3/t25?,26-;/m0./s1. The second-order valence-electron chi connectivity index (χ2n) is 12.9. The predicted octanol–water partition coefficient (Wildman–Crippen LogP) is 2.05. The number of allylic oxidation sites excluding steroid dienone is 1. The van der Waals surface area contributed by atoms with E-state index >= 15 is 0 Å². The fourth-order valence-corrected chi connectivity index (χ4v) is 4.15. The summed E-state index contributed by atoms with van der Waals surface area (Å²) in [6.07, 6.45) is 4.99. The second-order valence-corrected chi connectivity index (χ2v) is 12.9. The zero-order valence-electron chi connectivity index (χ0n) is 32.4. The molecule has 5 amide bonds. The molecular formula is C36H63N5O12. The smallest absolute Gasteiger partial charge is 0.407 e. The third kappa shape index (κ3) is 27.2. The van der Waals surface area contributed by atoms with E-state index in [0.717, 1.165) is 0 Å². The van der Waals surface area contributed by atoms with E-state index in [1.807, 2.05) is 0 Å². The van der Waals surface area contributed by atoms with Crippen LogP contribution in [0.2, 0.25) is 0 Å². The molecule has 1 unspecified atom stereocenters. The molecule has 53 heavy (non-hydrogen) atoms. The van der Waals surface area contributed by atoms with Crippen LogP contribution in [0.5, 0.6) is 0 Å². The normalized spacial score (nSPS) is 13.4. The number of carbonyl (C=O) groups is 6. The molecular weight excluding hydrogens is 694 g/mol. The molecule has 1 aliphatic heterocycles. The maximum atomic E-state index is 12.4. The minimum Gasteiger partial charge on any atom is -0.480 e. The van der Waals surface area contributed by atoms with Gasteiger partial charge in [0.25, 0.3) is 5.91 Å². The van der Waals surface area contributed by atoms with Crippen LogP contribution in [-0.2, 0) is 47.7 Å². The summed E-state index contributed by atoms with van der Waals surface area (Å²) in [4.78, 5) is 72.8. The first-order valence-corrected chi connectivity index (χ1v) is 18.2. The topological polar surface area (TPSA) is 220 Å². The van der Waals surface area contributed by atoms with Crippen LogP contribution in [0.15, 0.2) is 24.4 Å². The number of ether oxygens (including phenoxy) is 5. The number of hydrogen-bond donors (Lipinski definition) is 5. The first kappa shape index (κ1) is 48.9. The third-order valence-corrected chi connectivity index (χ3v) is 6.72. The van der Waals surface area contributed by atoms with Gasteiger partial charge in [0.15, 0.2) is 0 Å². The van der Waals surface area contributed by atoms with Gasteiger partial charge in [-0.15, -0.1) is 0 Å². The van der Waals surface area contributed by atoms with Crippen LogP contribution >= 0.6 is 0 Å². The molecule has 0 spiro atoms. The highest BCUT2D eigenvalue weighted by Gasteiger charge is 2.24. The van der Waals surface area contributed by atoms with Gasteiger partial charge >= 0.3 is 12.1 Å². The Kier molecular flexibility index (Phi) is 27.1. The number of nitrogens with one attached hydrogen (secondary N) is 4. The summed E-state index contributed by atoms with van der Waals surface area (Å²) in [6, 6.07) is -2.08. The van der Waals surface area contributed by atoms with E-state index < -0.39 is 41.6 Å². The van der Waals surface area contributed by atoms with E-state index in [9.17, 15) is 33.9 Å². The van der Waals surface area contributed by atoms with Crippen molar-refractivity contribution in [1.82, 2.24) is 26.2 Å². The van der Waals surface area contributed by atoms with E-state index in [1.165, 1.54) is 24.3 Å². The number of amides is 5. The average molecular weight is 758 g/mol. The van der Waals surface area contributed by atoms with Crippen molar-refractivity contribution in [1.29, 1.82) is 0 Å². The zero-order valence-corrected chi connectivity index (χ0v) is 32.4. The molecule has 304 valence electrons. The van der Waals surface area contributed by atoms with Crippen molar-refractivity contribution in [3.8, 4) is 0 Å². The molecule has 0 aliphatic carbocycles. The second kappa shape index (κ2) is 29.4. The Morgan fingerprint density at radius 1 is 0.792 bits per heavy atom. The van der Waals surface area contributed by atoms with Gasteiger partial charge in [-0.25, -0.2) is 9.59 Å². The number of rotatable bonds is 27. The first-order valence-electron chi connectivity index (χ1n) is 18.2. The molecule has 0 aromatic carbocycles. The van der Waals surface area contributed by atoms with E-state index in [1.54, 1.807) is 26.8 Å². The predicted molar refractivity (Wildman–Crippen MR) is 197 cm³/mol. The van der Waals surface area contributed by atoms with E-state index in [-0.39, 0.29) is 50.8 Å². The van der Waals surface area contributed by atoms with Crippen LogP contribution < -0.4 is 21.3 Å². The molecule has 17 nitrogen and oxygen atoms in total. The van der Waals surface area contributed by atoms with Crippen molar-refractivity contribution in [3.05, 3.63) is 24.4 Å². The molecule has 0 aromatic rings. The Balaban J connectivity index is 0.00000869. The highest BCUT2D eigenvalue weighted by atomic mass is 16.6. The Labute approximate surface area is 313 Å². The third-order valence-electron chi connectivity index (χ3n) is 6.72. The average Bonchev–Trinajstić information content (AvgIpc) is 3.40. The lowest BCUT2D eigenvalue weighted by Crippen LogP contribution is -2.50. The van der Waals surface area contributed by atoms with Gasteiger partial charge in [-0.2, -0.15) is 0 Å². The van der Waals surface area contributed by atoms with Gasteiger partial charge in [-0.1, -0.05) is 26.8 Å². The molecule has 0 fully saturated rings. The summed E-state index contributed by atoms with van der Waals surface area (Å²) in [5.74, 6) is -2.60. The van der Waals surface area contributed by atoms with Crippen molar-refractivity contribution in [3.63, 3.8) is 0 Å². The van der Waals surface area contributed by atoms with Crippen LogP contribution in [0, 0.1) is 0 Å². The fourth-order valence-electron chi connectivity index (χ4n) is 4.15. The number of hydrogen-bond acceptors (Lipinski definition) is 11. The Bertz CT molecular complexity index is 1140. The lowest BCUT2D eigenvalue weighted by Gasteiger charge is -2.20. The quantitative estimate of drug-likeness (QED) is 0.0761. The molecule has 0 aromatic heterocycles. The summed E-state index contributed by atoms with van der Waals surface area (Å²) in [6.45, 7) is 18.0. The summed E-state index contributed by atoms with van der Waals surface area (Å²) in [7, 11) is 0. The molecule has 1 heterocycles. The fraction of sp³-hybridized carbons (Fsp3) is 0.722. The molecule has 0 radical (unpaired) electrons. The van der Waals surface area contributed by atoms with E-state index in [4.69, 9.17) is 23.7 Å². The van der Waals surface area contributed by atoms with Gasteiger partial charge in [-0.05, 0) is 53.0 Å². The van der Waals surface area contributed by atoms with Gasteiger partial charge in [0.2, 0.25) is 17.7 Å². The van der Waals surface area contributed by atoms with Crippen molar-refractivity contribution >= 4 is 35.7 Å². The van der Waals surface area contributed by atoms with Gasteiger partial charge < -0.3 is 55.0 Å². The van der Waals surface area contributed by atoms with Crippen LogP contribution in [0.4, 0.5) is 4.79 Å². The monoisotopic (exact) mass is 757 g/mol.